The van der Waals surface area contributed by atoms with Crippen LogP contribution in [0.5, 0.6) is 0 Å². The first-order valence-electron chi connectivity index (χ1n) is 5.05. The average Bonchev–Trinajstić information content (AvgIpc) is 2.35. The van der Waals surface area contributed by atoms with Gasteiger partial charge in [-0.05, 0) is 18.2 Å². The molecule has 1 heterocycles. The Morgan fingerprint density at radius 2 is 2.25 bits per heavy atom. The minimum Gasteiger partial charge on any atom is -0.395 e. The van der Waals surface area contributed by atoms with Crippen molar-refractivity contribution < 1.29 is 9.90 Å². The third-order valence-electron chi connectivity index (χ3n) is 2.27. The molecule has 0 aliphatic carbocycles. The van der Waals surface area contributed by atoms with Crippen molar-refractivity contribution >= 4 is 16.8 Å². The van der Waals surface area contributed by atoms with Crippen molar-refractivity contribution in [2.45, 2.75) is 0 Å². The molecule has 0 spiro atoms. The molecule has 2 rings (SSSR count). The summed E-state index contributed by atoms with van der Waals surface area (Å²) in [5.41, 5.74) is 1.35. The third-order valence-corrected chi connectivity index (χ3v) is 2.27. The number of aliphatic hydroxyl groups is 1. The monoisotopic (exact) mass is 216 g/mol. The van der Waals surface area contributed by atoms with Gasteiger partial charge < -0.3 is 10.4 Å². The Morgan fingerprint density at radius 3 is 3.06 bits per heavy atom. The van der Waals surface area contributed by atoms with Crippen LogP contribution in [0.2, 0.25) is 0 Å². The number of carbonyl (C=O) groups is 1. The van der Waals surface area contributed by atoms with Crippen molar-refractivity contribution in [3.63, 3.8) is 0 Å². The Kier molecular flexibility index (Phi) is 3.12. The third kappa shape index (κ3) is 2.17. The van der Waals surface area contributed by atoms with Crippen molar-refractivity contribution in [2.75, 3.05) is 13.2 Å². The molecule has 82 valence electrons. The smallest absolute Gasteiger partial charge is 0.251 e. The summed E-state index contributed by atoms with van der Waals surface area (Å²) in [6.45, 7) is 0.205. The van der Waals surface area contributed by atoms with Crippen molar-refractivity contribution in [1.29, 1.82) is 0 Å². The average molecular weight is 216 g/mol. The van der Waals surface area contributed by atoms with E-state index in [9.17, 15) is 4.79 Å². The highest BCUT2D eigenvalue weighted by atomic mass is 16.3. The van der Waals surface area contributed by atoms with Gasteiger partial charge in [-0.1, -0.05) is 12.1 Å². The van der Waals surface area contributed by atoms with Gasteiger partial charge in [0.25, 0.3) is 5.91 Å². The lowest BCUT2D eigenvalue weighted by molar-refractivity contribution is 0.0945. The minimum atomic E-state index is -0.193. The fraction of sp³-hybridized carbons (Fsp3) is 0.167. The van der Waals surface area contributed by atoms with Crippen LogP contribution in [-0.2, 0) is 0 Å². The molecule has 0 aliphatic rings. The highest BCUT2D eigenvalue weighted by molar-refractivity contribution is 5.97. The summed E-state index contributed by atoms with van der Waals surface area (Å²) >= 11 is 0. The van der Waals surface area contributed by atoms with Crippen LogP contribution >= 0.6 is 0 Å². The van der Waals surface area contributed by atoms with E-state index in [1.165, 1.54) is 0 Å². The first-order valence-corrected chi connectivity index (χ1v) is 5.05. The second-order valence-electron chi connectivity index (χ2n) is 3.39. The lowest BCUT2D eigenvalue weighted by Gasteiger charge is -2.04. The van der Waals surface area contributed by atoms with Gasteiger partial charge in [-0.15, -0.1) is 0 Å². The Balaban J connectivity index is 2.28. The number of hydrogen-bond donors (Lipinski definition) is 2. The number of pyridine rings is 1. The quantitative estimate of drug-likeness (QED) is 0.803. The number of aromatic nitrogens is 1. The van der Waals surface area contributed by atoms with E-state index in [2.05, 4.69) is 10.3 Å². The van der Waals surface area contributed by atoms with Gasteiger partial charge in [0.1, 0.15) is 0 Å². The standard InChI is InChI=1S/C12H12N2O2/c15-7-6-14-12(16)10-4-3-9-2-1-5-13-11(9)8-10/h1-5,8,15H,6-7H2,(H,14,16). The van der Waals surface area contributed by atoms with Gasteiger partial charge in [-0.2, -0.15) is 0 Å². The lowest BCUT2D eigenvalue weighted by Crippen LogP contribution is -2.26. The maximum atomic E-state index is 11.6. The van der Waals surface area contributed by atoms with E-state index in [1.807, 2.05) is 18.2 Å². The molecule has 0 bridgehead atoms. The number of aliphatic hydroxyl groups excluding tert-OH is 1. The van der Waals surface area contributed by atoms with Crippen molar-refractivity contribution in [1.82, 2.24) is 10.3 Å². The van der Waals surface area contributed by atoms with E-state index >= 15 is 0 Å². The number of nitrogens with one attached hydrogen (secondary N) is 1. The fourth-order valence-corrected chi connectivity index (χ4v) is 1.48. The molecule has 4 heteroatoms. The molecule has 1 amide bonds. The maximum absolute atomic E-state index is 11.6. The number of fused-ring (bicyclic) bond motifs is 1. The zero-order chi connectivity index (χ0) is 11.4. The van der Waals surface area contributed by atoms with E-state index in [0.29, 0.717) is 5.56 Å². The molecule has 0 radical (unpaired) electrons. The zero-order valence-electron chi connectivity index (χ0n) is 8.68. The SMILES string of the molecule is O=C(NCCO)c1ccc2cccnc2c1. The Labute approximate surface area is 92.9 Å². The van der Waals surface area contributed by atoms with Crippen LogP contribution < -0.4 is 5.32 Å². The summed E-state index contributed by atoms with van der Waals surface area (Å²) < 4.78 is 0. The van der Waals surface area contributed by atoms with E-state index < -0.39 is 0 Å². The van der Waals surface area contributed by atoms with Crippen LogP contribution in [0.15, 0.2) is 36.5 Å². The van der Waals surface area contributed by atoms with Crippen LogP contribution in [0.3, 0.4) is 0 Å². The molecule has 4 nitrogen and oxygen atoms in total. The molecule has 0 saturated heterocycles. The number of rotatable bonds is 3. The van der Waals surface area contributed by atoms with Gasteiger partial charge in [0.2, 0.25) is 0 Å². The number of hydrogen-bond acceptors (Lipinski definition) is 3. The topological polar surface area (TPSA) is 62.2 Å². The van der Waals surface area contributed by atoms with E-state index in [4.69, 9.17) is 5.11 Å². The van der Waals surface area contributed by atoms with E-state index in [0.717, 1.165) is 10.9 Å². The van der Waals surface area contributed by atoms with E-state index in [1.54, 1.807) is 18.3 Å². The van der Waals surface area contributed by atoms with Crippen LogP contribution in [0, 0.1) is 0 Å². The predicted octanol–water partition coefficient (Wildman–Crippen LogP) is 0.957. The maximum Gasteiger partial charge on any atom is 0.251 e. The van der Waals surface area contributed by atoms with Gasteiger partial charge in [0, 0.05) is 23.7 Å². The van der Waals surface area contributed by atoms with Gasteiger partial charge in [0.05, 0.1) is 12.1 Å². The molecule has 0 aliphatic heterocycles. The van der Waals surface area contributed by atoms with Gasteiger partial charge >= 0.3 is 0 Å². The Bertz CT molecular complexity index is 511. The second-order valence-corrected chi connectivity index (χ2v) is 3.39. The molecule has 1 aromatic carbocycles. The largest absolute Gasteiger partial charge is 0.395 e. The molecule has 0 saturated carbocycles. The van der Waals surface area contributed by atoms with E-state index in [-0.39, 0.29) is 19.1 Å². The Morgan fingerprint density at radius 1 is 1.38 bits per heavy atom. The summed E-state index contributed by atoms with van der Waals surface area (Å²) in [6, 6.07) is 9.14. The summed E-state index contributed by atoms with van der Waals surface area (Å²) in [5, 5.41) is 12.2. The molecule has 16 heavy (non-hydrogen) atoms. The number of nitrogens with zero attached hydrogens (tertiary/aromatic N) is 1. The lowest BCUT2D eigenvalue weighted by atomic mass is 10.1. The van der Waals surface area contributed by atoms with Crippen LogP contribution in [-0.4, -0.2) is 29.1 Å². The Hall–Kier alpha value is -1.94. The normalized spacial score (nSPS) is 10.3. The molecule has 0 atom stereocenters. The van der Waals surface area contributed by atoms with Crippen LogP contribution in [0.25, 0.3) is 10.9 Å². The highest BCUT2D eigenvalue weighted by Crippen LogP contribution is 2.12. The molecule has 0 unspecified atom stereocenters. The summed E-state index contributed by atoms with van der Waals surface area (Å²) in [5.74, 6) is -0.193. The van der Waals surface area contributed by atoms with Crippen LogP contribution in [0.4, 0.5) is 0 Å². The van der Waals surface area contributed by atoms with Gasteiger partial charge in [-0.3, -0.25) is 9.78 Å². The molecule has 1 aromatic heterocycles. The fourth-order valence-electron chi connectivity index (χ4n) is 1.48. The van der Waals surface area contributed by atoms with Gasteiger partial charge in [0.15, 0.2) is 0 Å². The number of benzene rings is 1. The number of amides is 1. The molecular weight excluding hydrogens is 204 g/mol. The molecule has 2 N–H and O–H groups in total. The summed E-state index contributed by atoms with van der Waals surface area (Å²) in [6.07, 6.45) is 1.69. The summed E-state index contributed by atoms with van der Waals surface area (Å²) in [7, 11) is 0. The van der Waals surface area contributed by atoms with Crippen molar-refractivity contribution in [3.05, 3.63) is 42.1 Å². The van der Waals surface area contributed by atoms with Gasteiger partial charge in [-0.25, -0.2) is 0 Å². The molecular formula is C12H12N2O2. The minimum absolute atomic E-state index is 0.0580. The highest BCUT2D eigenvalue weighted by Gasteiger charge is 2.05. The van der Waals surface area contributed by atoms with Crippen molar-refractivity contribution in [2.24, 2.45) is 0 Å². The predicted molar refractivity (Wildman–Crippen MR) is 61.2 cm³/mol. The first kappa shape index (κ1) is 10.6. The van der Waals surface area contributed by atoms with Crippen LogP contribution in [0.1, 0.15) is 10.4 Å². The second kappa shape index (κ2) is 4.72. The van der Waals surface area contributed by atoms with Crippen molar-refractivity contribution in [3.8, 4) is 0 Å². The molecule has 2 aromatic rings. The summed E-state index contributed by atoms with van der Waals surface area (Å²) in [4.78, 5) is 15.8. The number of carbonyl (C=O) groups excluding carboxylic acids is 1. The first-order chi connectivity index (χ1) is 7.81. The molecule has 0 fully saturated rings. The zero-order valence-corrected chi connectivity index (χ0v) is 8.68.